The molecular weight excluding hydrogens is 240 g/mol. The molecule has 0 saturated heterocycles. The highest BCUT2D eigenvalue weighted by Crippen LogP contribution is 2.28. The van der Waals surface area contributed by atoms with Gasteiger partial charge in [0.15, 0.2) is 11.6 Å². The summed E-state index contributed by atoms with van der Waals surface area (Å²) in [5.41, 5.74) is 1.00. The van der Waals surface area contributed by atoms with Crippen LogP contribution in [0.3, 0.4) is 0 Å². The van der Waals surface area contributed by atoms with Crippen LogP contribution in [-0.4, -0.2) is 11.6 Å². The van der Waals surface area contributed by atoms with Gasteiger partial charge in [-0.3, -0.25) is 9.59 Å². The zero-order valence-electron chi connectivity index (χ0n) is 10.8. The summed E-state index contributed by atoms with van der Waals surface area (Å²) >= 11 is 0. The van der Waals surface area contributed by atoms with Crippen LogP contribution in [0.25, 0.3) is 0 Å². The molecule has 0 fully saturated rings. The Labute approximate surface area is 111 Å². The lowest BCUT2D eigenvalue weighted by molar-refractivity contribution is 0.101. The quantitative estimate of drug-likeness (QED) is 0.777. The van der Waals surface area contributed by atoms with Crippen molar-refractivity contribution in [3.05, 3.63) is 59.7 Å². The fourth-order valence-corrected chi connectivity index (χ4v) is 1.81. The summed E-state index contributed by atoms with van der Waals surface area (Å²) in [6, 6.07) is 14.0. The van der Waals surface area contributed by atoms with E-state index < -0.39 is 0 Å². The molecule has 0 unspecified atom stereocenters. The maximum Gasteiger partial charge on any atom is 0.163 e. The van der Waals surface area contributed by atoms with Crippen molar-refractivity contribution in [1.82, 2.24) is 0 Å². The van der Waals surface area contributed by atoms with Gasteiger partial charge in [0.1, 0.15) is 11.5 Å². The van der Waals surface area contributed by atoms with Crippen molar-refractivity contribution in [2.75, 3.05) is 0 Å². The Kier molecular flexibility index (Phi) is 3.76. The molecule has 0 N–H and O–H groups in total. The van der Waals surface area contributed by atoms with E-state index in [0.29, 0.717) is 22.6 Å². The molecule has 96 valence electrons. The molecule has 0 saturated carbocycles. The molecule has 0 aliphatic rings. The van der Waals surface area contributed by atoms with Crippen molar-refractivity contribution < 1.29 is 14.3 Å². The lowest BCUT2D eigenvalue weighted by atomic mass is 10.1. The molecule has 0 amide bonds. The molecule has 0 aliphatic heterocycles. The van der Waals surface area contributed by atoms with E-state index in [2.05, 4.69) is 0 Å². The second-order valence-electron chi connectivity index (χ2n) is 4.21. The monoisotopic (exact) mass is 254 g/mol. The summed E-state index contributed by atoms with van der Waals surface area (Å²) in [5.74, 6) is 0.777. The van der Waals surface area contributed by atoms with E-state index in [1.165, 1.54) is 13.8 Å². The highest BCUT2D eigenvalue weighted by Gasteiger charge is 2.12. The minimum Gasteiger partial charge on any atom is -0.456 e. The zero-order chi connectivity index (χ0) is 13.8. The van der Waals surface area contributed by atoms with Gasteiger partial charge in [-0.15, -0.1) is 0 Å². The van der Waals surface area contributed by atoms with Crippen LogP contribution < -0.4 is 4.74 Å². The van der Waals surface area contributed by atoms with E-state index in [9.17, 15) is 9.59 Å². The van der Waals surface area contributed by atoms with Gasteiger partial charge in [0.05, 0.1) is 11.1 Å². The van der Waals surface area contributed by atoms with Crippen molar-refractivity contribution >= 4 is 11.6 Å². The second kappa shape index (κ2) is 5.48. The first-order chi connectivity index (χ1) is 9.09. The molecule has 2 aromatic rings. The first-order valence-electron chi connectivity index (χ1n) is 5.97. The Hall–Kier alpha value is -2.42. The molecule has 0 spiro atoms. The minimum atomic E-state index is -0.0732. The predicted molar refractivity (Wildman–Crippen MR) is 73.0 cm³/mol. The van der Waals surface area contributed by atoms with Crippen LogP contribution in [0.2, 0.25) is 0 Å². The topological polar surface area (TPSA) is 43.4 Å². The summed E-state index contributed by atoms with van der Waals surface area (Å²) in [6.07, 6.45) is 0. The molecule has 0 aliphatic carbocycles. The Morgan fingerprint density at radius 1 is 0.737 bits per heavy atom. The van der Waals surface area contributed by atoms with E-state index in [1.54, 1.807) is 48.5 Å². The van der Waals surface area contributed by atoms with Gasteiger partial charge in [0, 0.05) is 0 Å². The fourth-order valence-electron chi connectivity index (χ4n) is 1.81. The Morgan fingerprint density at radius 2 is 1.11 bits per heavy atom. The van der Waals surface area contributed by atoms with Gasteiger partial charge in [0.25, 0.3) is 0 Å². The largest absolute Gasteiger partial charge is 0.456 e. The van der Waals surface area contributed by atoms with E-state index >= 15 is 0 Å². The third-order valence-electron chi connectivity index (χ3n) is 2.75. The van der Waals surface area contributed by atoms with Crippen LogP contribution in [-0.2, 0) is 0 Å². The highest BCUT2D eigenvalue weighted by molar-refractivity contribution is 5.98. The van der Waals surface area contributed by atoms with Gasteiger partial charge in [0.2, 0.25) is 0 Å². The molecule has 3 nitrogen and oxygen atoms in total. The summed E-state index contributed by atoms with van der Waals surface area (Å²) in [4.78, 5) is 23.1. The lowest BCUT2D eigenvalue weighted by Gasteiger charge is -2.11. The third kappa shape index (κ3) is 2.88. The van der Waals surface area contributed by atoms with Gasteiger partial charge in [-0.05, 0) is 38.1 Å². The molecule has 2 rings (SSSR count). The maximum atomic E-state index is 11.5. The van der Waals surface area contributed by atoms with Crippen molar-refractivity contribution in [1.29, 1.82) is 0 Å². The number of benzene rings is 2. The average molecular weight is 254 g/mol. The van der Waals surface area contributed by atoms with Gasteiger partial charge in [-0.25, -0.2) is 0 Å². The SMILES string of the molecule is CC(=O)c1ccccc1Oc1ccccc1C(C)=O. The van der Waals surface area contributed by atoms with Crippen LogP contribution in [0.15, 0.2) is 48.5 Å². The molecule has 0 heterocycles. The zero-order valence-corrected chi connectivity index (χ0v) is 10.8. The summed E-state index contributed by atoms with van der Waals surface area (Å²) in [7, 11) is 0. The number of para-hydroxylation sites is 2. The first-order valence-corrected chi connectivity index (χ1v) is 5.97. The van der Waals surface area contributed by atoms with Crippen molar-refractivity contribution in [3.63, 3.8) is 0 Å². The normalized spacial score (nSPS) is 10.0. The molecule has 3 heteroatoms. The second-order valence-corrected chi connectivity index (χ2v) is 4.21. The smallest absolute Gasteiger partial charge is 0.163 e. The molecular formula is C16H14O3. The number of ether oxygens (including phenoxy) is 1. The number of rotatable bonds is 4. The summed E-state index contributed by atoms with van der Waals surface area (Å²) < 4.78 is 5.72. The number of carbonyl (C=O) groups excluding carboxylic acids is 2. The number of hydrogen-bond acceptors (Lipinski definition) is 3. The van der Waals surface area contributed by atoms with Crippen LogP contribution >= 0.6 is 0 Å². The number of hydrogen-bond donors (Lipinski definition) is 0. The minimum absolute atomic E-state index is 0.0732. The van der Waals surface area contributed by atoms with Crippen LogP contribution in [0.5, 0.6) is 11.5 Å². The fraction of sp³-hybridized carbons (Fsp3) is 0.125. The highest BCUT2D eigenvalue weighted by atomic mass is 16.5. The van der Waals surface area contributed by atoms with Crippen molar-refractivity contribution in [2.45, 2.75) is 13.8 Å². The Bertz CT molecular complexity index is 574. The lowest BCUT2D eigenvalue weighted by Crippen LogP contribution is -2.00. The molecule has 0 aromatic heterocycles. The number of Topliss-reactive ketones (excluding diaryl/α,β-unsaturated/α-hetero) is 2. The average Bonchev–Trinajstić information content (AvgIpc) is 2.39. The van der Waals surface area contributed by atoms with Gasteiger partial charge in [-0.1, -0.05) is 24.3 Å². The van der Waals surface area contributed by atoms with E-state index in [0.717, 1.165) is 0 Å². The summed E-state index contributed by atoms with van der Waals surface area (Å²) in [6.45, 7) is 2.97. The van der Waals surface area contributed by atoms with Crippen LogP contribution in [0, 0.1) is 0 Å². The number of carbonyl (C=O) groups is 2. The Balaban J connectivity index is 2.42. The van der Waals surface area contributed by atoms with E-state index in [-0.39, 0.29) is 11.6 Å². The van der Waals surface area contributed by atoms with Crippen LogP contribution in [0.1, 0.15) is 34.6 Å². The van der Waals surface area contributed by atoms with Crippen LogP contribution in [0.4, 0.5) is 0 Å². The van der Waals surface area contributed by atoms with E-state index in [4.69, 9.17) is 4.74 Å². The molecule has 0 bridgehead atoms. The van der Waals surface area contributed by atoms with E-state index in [1.807, 2.05) is 0 Å². The number of ketones is 2. The predicted octanol–water partition coefficient (Wildman–Crippen LogP) is 3.88. The molecule has 2 aromatic carbocycles. The molecule has 0 radical (unpaired) electrons. The Morgan fingerprint density at radius 3 is 1.47 bits per heavy atom. The van der Waals surface area contributed by atoms with Crippen molar-refractivity contribution in [3.8, 4) is 11.5 Å². The maximum absolute atomic E-state index is 11.5. The van der Waals surface area contributed by atoms with Crippen molar-refractivity contribution in [2.24, 2.45) is 0 Å². The summed E-state index contributed by atoms with van der Waals surface area (Å²) in [5, 5.41) is 0. The standard InChI is InChI=1S/C16H14O3/c1-11(17)13-7-3-5-9-15(13)19-16-10-6-4-8-14(16)12(2)18/h3-10H,1-2H3. The van der Waals surface area contributed by atoms with Gasteiger partial charge >= 0.3 is 0 Å². The molecule has 0 atom stereocenters. The third-order valence-corrected chi connectivity index (χ3v) is 2.75. The first kappa shape index (κ1) is 13.0. The molecule has 19 heavy (non-hydrogen) atoms. The van der Waals surface area contributed by atoms with Gasteiger partial charge in [-0.2, -0.15) is 0 Å². The van der Waals surface area contributed by atoms with Gasteiger partial charge < -0.3 is 4.74 Å².